The summed E-state index contributed by atoms with van der Waals surface area (Å²) in [5.41, 5.74) is 6.50. The van der Waals surface area contributed by atoms with Crippen molar-refractivity contribution in [1.29, 1.82) is 0 Å². The number of hydroxylamine groups is 1. The zero-order valence-electron chi connectivity index (χ0n) is 20.9. The van der Waals surface area contributed by atoms with E-state index in [0.29, 0.717) is 39.2 Å². The number of carbonyl (C=O) groups excluding carboxylic acids is 2. The highest BCUT2D eigenvalue weighted by atomic mass is 35.5. The molecule has 2 amide bonds. The number of halogens is 1. The predicted octanol–water partition coefficient (Wildman–Crippen LogP) is 4.46. The Labute approximate surface area is 219 Å². The zero-order valence-corrected chi connectivity index (χ0v) is 21.6. The van der Waals surface area contributed by atoms with E-state index in [2.05, 4.69) is 20.6 Å². The van der Waals surface area contributed by atoms with Crippen LogP contribution in [0.1, 0.15) is 23.0 Å². The van der Waals surface area contributed by atoms with Crippen molar-refractivity contribution in [3.8, 4) is 11.4 Å². The van der Waals surface area contributed by atoms with Crippen molar-refractivity contribution in [2.45, 2.75) is 13.8 Å². The number of hydrogen-bond acceptors (Lipinski definition) is 7. The summed E-state index contributed by atoms with van der Waals surface area (Å²) in [5.74, 6) is -0.162. The first kappa shape index (κ1) is 25.9. The lowest BCUT2D eigenvalue weighted by molar-refractivity contribution is -0.132. The van der Waals surface area contributed by atoms with Crippen LogP contribution in [0, 0.1) is 12.8 Å². The lowest BCUT2D eigenvalue weighted by Gasteiger charge is -2.13. The number of hydrogen-bond donors (Lipinski definition) is 5. The molecule has 1 atom stereocenters. The molecule has 1 unspecified atom stereocenters. The third-order valence-corrected chi connectivity index (χ3v) is 6.27. The largest absolute Gasteiger partial charge is 0.378 e. The number of amides is 2. The average Bonchev–Trinajstić information content (AvgIpc) is 3.31. The summed E-state index contributed by atoms with van der Waals surface area (Å²) in [5, 5.41) is 15.1. The maximum atomic E-state index is 13.0. The summed E-state index contributed by atoms with van der Waals surface area (Å²) in [6.07, 6.45) is 0. The first-order valence-electron chi connectivity index (χ1n) is 11.6. The van der Waals surface area contributed by atoms with Gasteiger partial charge in [0, 0.05) is 37.6 Å². The maximum absolute atomic E-state index is 13.0. The van der Waals surface area contributed by atoms with Crippen LogP contribution >= 0.6 is 11.6 Å². The van der Waals surface area contributed by atoms with E-state index < -0.39 is 11.8 Å². The molecular formula is C26H28ClN7O3. The van der Waals surface area contributed by atoms with Crippen LogP contribution in [0.5, 0.6) is 0 Å². The molecule has 4 rings (SSSR count). The number of H-pyrrole nitrogens is 1. The average molecular weight is 522 g/mol. The molecule has 192 valence electrons. The Morgan fingerprint density at radius 2 is 1.89 bits per heavy atom. The minimum atomic E-state index is -0.497. The summed E-state index contributed by atoms with van der Waals surface area (Å²) < 4.78 is 0. The summed E-state index contributed by atoms with van der Waals surface area (Å²) in [6.45, 7) is 3.67. The van der Waals surface area contributed by atoms with E-state index >= 15 is 0 Å². The van der Waals surface area contributed by atoms with Crippen molar-refractivity contribution in [2.24, 2.45) is 5.92 Å². The van der Waals surface area contributed by atoms with Gasteiger partial charge >= 0.3 is 0 Å². The van der Waals surface area contributed by atoms with E-state index in [9.17, 15) is 9.59 Å². The van der Waals surface area contributed by atoms with Crippen LogP contribution in [0.25, 0.3) is 22.4 Å². The number of rotatable bonds is 8. The van der Waals surface area contributed by atoms with Gasteiger partial charge < -0.3 is 20.5 Å². The summed E-state index contributed by atoms with van der Waals surface area (Å²) in [4.78, 5) is 38.9. The van der Waals surface area contributed by atoms with E-state index in [1.54, 1.807) is 49.7 Å². The van der Waals surface area contributed by atoms with Gasteiger partial charge in [0.05, 0.1) is 33.2 Å². The van der Waals surface area contributed by atoms with Gasteiger partial charge in [-0.05, 0) is 55.5 Å². The van der Waals surface area contributed by atoms with Crippen molar-refractivity contribution in [3.05, 3.63) is 64.8 Å². The van der Waals surface area contributed by atoms with Crippen LogP contribution in [-0.2, 0) is 4.79 Å². The van der Waals surface area contributed by atoms with Crippen LogP contribution in [0.4, 0.5) is 17.2 Å². The second-order valence-corrected chi connectivity index (χ2v) is 9.32. The molecule has 0 radical (unpaired) electrons. The Bertz CT molecular complexity index is 1470. The second-order valence-electron chi connectivity index (χ2n) is 8.92. The van der Waals surface area contributed by atoms with Crippen molar-refractivity contribution >= 4 is 51.6 Å². The Balaban J connectivity index is 1.51. The Hall–Kier alpha value is -4.15. The topological polar surface area (TPSA) is 135 Å². The minimum absolute atomic E-state index is 0.274. The number of imidazole rings is 1. The molecule has 11 heteroatoms. The lowest BCUT2D eigenvalue weighted by Crippen LogP contribution is -2.30. The molecule has 0 saturated heterocycles. The van der Waals surface area contributed by atoms with Crippen molar-refractivity contribution < 1.29 is 14.8 Å². The first-order valence-corrected chi connectivity index (χ1v) is 12.0. The highest BCUT2D eigenvalue weighted by Crippen LogP contribution is 2.31. The van der Waals surface area contributed by atoms with E-state index in [1.807, 2.05) is 37.2 Å². The maximum Gasteiger partial charge on any atom is 0.257 e. The number of carbonyl (C=O) groups is 2. The molecule has 0 fully saturated rings. The molecule has 5 N–H and O–H groups in total. The third-order valence-electron chi connectivity index (χ3n) is 5.94. The van der Waals surface area contributed by atoms with Gasteiger partial charge in [0.2, 0.25) is 5.91 Å². The molecule has 2 aromatic heterocycles. The molecule has 37 heavy (non-hydrogen) atoms. The van der Waals surface area contributed by atoms with Crippen LogP contribution < -0.4 is 21.0 Å². The number of aromatic nitrogens is 3. The molecule has 2 aromatic carbocycles. The highest BCUT2D eigenvalue weighted by Gasteiger charge is 2.16. The van der Waals surface area contributed by atoms with Gasteiger partial charge in [-0.3, -0.25) is 14.8 Å². The fraction of sp³-hybridized carbons (Fsp3) is 0.231. The van der Waals surface area contributed by atoms with Gasteiger partial charge in [-0.2, -0.15) is 0 Å². The molecule has 4 aromatic rings. The van der Waals surface area contributed by atoms with E-state index in [1.165, 1.54) is 0 Å². The minimum Gasteiger partial charge on any atom is -0.378 e. The molecule has 0 aliphatic rings. The standard InChI is InChI=1S/C26H28ClN7O3/c1-14(25(35)33-37)13-28-23-10-7-18(15(2)29-23)26(36)30-16-5-8-20(27)19(11-16)24-31-21-9-6-17(34(3)4)12-22(21)32-24/h5-12,14,37H,13H2,1-4H3,(H,28,29)(H,30,36)(H,31,32)(H,33,35). The smallest absolute Gasteiger partial charge is 0.257 e. The Morgan fingerprint density at radius 1 is 1.11 bits per heavy atom. The molecule has 0 spiro atoms. The summed E-state index contributed by atoms with van der Waals surface area (Å²) >= 11 is 6.48. The highest BCUT2D eigenvalue weighted by molar-refractivity contribution is 6.33. The Morgan fingerprint density at radius 3 is 2.59 bits per heavy atom. The lowest BCUT2D eigenvalue weighted by atomic mass is 10.1. The zero-order chi connectivity index (χ0) is 26.7. The SMILES string of the molecule is Cc1nc(NCC(C)C(=O)NO)ccc1C(=O)Nc1ccc(Cl)c(-c2nc3cc(N(C)C)ccc3[nH]2)c1. The molecular weight excluding hydrogens is 494 g/mol. The van der Waals surface area contributed by atoms with Gasteiger partial charge in [-0.25, -0.2) is 15.4 Å². The normalized spacial score (nSPS) is 11.7. The van der Waals surface area contributed by atoms with Gasteiger partial charge in [0.15, 0.2) is 0 Å². The first-order chi connectivity index (χ1) is 17.7. The van der Waals surface area contributed by atoms with E-state index in [4.69, 9.17) is 21.8 Å². The van der Waals surface area contributed by atoms with Crippen molar-refractivity contribution in [2.75, 3.05) is 36.2 Å². The fourth-order valence-corrected chi connectivity index (χ4v) is 3.95. The number of aromatic amines is 1. The Kier molecular flexibility index (Phi) is 7.61. The predicted molar refractivity (Wildman–Crippen MR) is 145 cm³/mol. The number of benzene rings is 2. The van der Waals surface area contributed by atoms with Crippen molar-refractivity contribution in [3.63, 3.8) is 0 Å². The molecule has 0 saturated carbocycles. The molecule has 0 aliphatic heterocycles. The second kappa shape index (κ2) is 10.9. The number of nitrogens with zero attached hydrogens (tertiary/aromatic N) is 3. The van der Waals surface area contributed by atoms with Gasteiger partial charge in [-0.15, -0.1) is 0 Å². The van der Waals surface area contributed by atoms with Gasteiger partial charge in [-0.1, -0.05) is 18.5 Å². The number of fused-ring (bicyclic) bond motifs is 1. The van der Waals surface area contributed by atoms with Gasteiger partial charge in [0.1, 0.15) is 11.6 Å². The molecule has 10 nitrogen and oxygen atoms in total. The number of anilines is 3. The quantitative estimate of drug-likeness (QED) is 0.171. The van der Waals surface area contributed by atoms with Crippen LogP contribution in [-0.4, -0.2) is 52.6 Å². The van der Waals surface area contributed by atoms with E-state index in [-0.39, 0.29) is 12.5 Å². The van der Waals surface area contributed by atoms with Crippen LogP contribution in [0.3, 0.4) is 0 Å². The summed E-state index contributed by atoms with van der Waals surface area (Å²) in [7, 11) is 3.94. The monoisotopic (exact) mass is 521 g/mol. The fourth-order valence-electron chi connectivity index (χ4n) is 3.74. The van der Waals surface area contributed by atoms with Crippen LogP contribution in [0.15, 0.2) is 48.5 Å². The molecule has 0 aliphatic carbocycles. The third kappa shape index (κ3) is 5.82. The number of pyridine rings is 1. The summed E-state index contributed by atoms with van der Waals surface area (Å²) in [6, 6.07) is 14.5. The van der Waals surface area contributed by atoms with E-state index in [0.717, 1.165) is 16.7 Å². The van der Waals surface area contributed by atoms with Crippen molar-refractivity contribution in [1.82, 2.24) is 20.4 Å². The van der Waals surface area contributed by atoms with Crippen LogP contribution in [0.2, 0.25) is 5.02 Å². The van der Waals surface area contributed by atoms with Gasteiger partial charge in [0.25, 0.3) is 5.91 Å². The number of nitrogens with one attached hydrogen (secondary N) is 4. The molecule has 2 heterocycles. The number of aryl methyl sites for hydroxylation is 1. The molecule has 0 bridgehead atoms.